The molecule has 0 aromatic carbocycles. The molecule has 0 unspecified atom stereocenters. The van der Waals surface area contributed by atoms with E-state index in [4.69, 9.17) is 6.42 Å². The Morgan fingerprint density at radius 1 is 1.25 bits per heavy atom. The number of aromatic nitrogens is 1. The van der Waals surface area contributed by atoms with E-state index < -0.39 is 17.2 Å². The molecule has 0 aliphatic carbocycles. The first kappa shape index (κ1) is 16.4. The van der Waals surface area contributed by atoms with Gasteiger partial charge in [-0.2, -0.15) is 0 Å². The predicted octanol–water partition coefficient (Wildman–Crippen LogP) is 2.25. The van der Waals surface area contributed by atoms with E-state index in [1.54, 1.807) is 13.8 Å². The van der Waals surface area contributed by atoms with Crippen molar-refractivity contribution in [2.24, 2.45) is 0 Å². The van der Waals surface area contributed by atoms with Gasteiger partial charge in [-0.25, -0.2) is 0 Å². The van der Waals surface area contributed by atoms with Gasteiger partial charge in [0.2, 0.25) is 0 Å². The van der Waals surface area contributed by atoms with Gasteiger partial charge in [-0.1, -0.05) is 5.92 Å². The Labute approximate surface area is 124 Å². The Balaban J connectivity index is 3.18. The summed E-state index contributed by atoms with van der Waals surface area (Å²) in [6, 6.07) is 0. The number of carbonyl (C=O) groups excluding carboxylic acids is 2. The molecule has 0 atom stereocenters. The van der Waals surface area contributed by atoms with E-state index in [-0.39, 0.29) is 0 Å². The van der Waals surface area contributed by atoms with E-state index >= 15 is 0 Å². The highest BCUT2D eigenvalue weighted by Gasteiger charge is 2.28. The maximum atomic E-state index is 12.4. The van der Waals surface area contributed by atoms with Gasteiger partial charge in [-0.15, -0.1) is 6.42 Å². The lowest BCUT2D eigenvalue weighted by Gasteiger charge is -2.18. The average molecular weight is 292 g/mol. The largest absolute Gasteiger partial charge is 0.333 e. The molecule has 108 valence electrons. The number of carbonyl (C=O) groups is 2. The second kappa shape index (κ2) is 5.76. The van der Waals surface area contributed by atoms with Crippen LogP contribution >= 0.6 is 11.9 Å². The normalized spacial score (nSPS) is 11.1. The van der Waals surface area contributed by atoms with Crippen LogP contribution in [0.25, 0.3) is 0 Å². The summed E-state index contributed by atoms with van der Waals surface area (Å²) in [5.74, 6) is 1.23. The molecular formula is C15H20N2O2S. The molecule has 1 heterocycles. The Kier molecular flexibility index (Phi) is 4.72. The molecular weight excluding hydrogens is 272 g/mol. The van der Waals surface area contributed by atoms with Crippen LogP contribution < -0.4 is 5.32 Å². The molecule has 0 aliphatic rings. The van der Waals surface area contributed by atoms with Crippen LogP contribution in [0.4, 0.5) is 0 Å². The zero-order chi connectivity index (χ0) is 15.7. The van der Waals surface area contributed by atoms with Gasteiger partial charge in [-0.05, 0) is 52.1 Å². The molecule has 1 aromatic rings. The third-order valence-corrected chi connectivity index (χ3v) is 4.20. The number of terminal acetylenes is 1. The zero-order valence-electron chi connectivity index (χ0n) is 12.7. The molecule has 5 heteroatoms. The summed E-state index contributed by atoms with van der Waals surface area (Å²) in [6.07, 6.45) is 7.25. The number of nitrogens with one attached hydrogen (secondary N) is 1. The van der Waals surface area contributed by atoms with Gasteiger partial charge in [0, 0.05) is 17.6 Å². The van der Waals surface area contributed by atoms with Crippen LogP contribution in [-0.4, -0.2) is 27.5 Å². The van der Waals surface area contributed by atoms with Crippen molar-refractivity contribution in [3.63, 3.8) is 0 Å². The molecule has 0 radical (unpaired) electrons. The molecule has 0 spiro atoms. The van der Waals surface area contributed by atoms with E-state index in [0.29, 0.717) is 5.56 Å². The Bertz CT molecular complexity index is 606. The molecule has 0 aliphatic heterocycles. The lowest BCUT2D eigenvalue weighted by atomic mass is 10.0. The number of Topliss-reactive ketones (excluding diaryl/α,β-unsaturated/α-hetero) is 1. The highest BCUT2D eigenvalue weighted by molar-refractivity contribution is 7.97. The smallest absolute Gasteiger partial charge is 0.293 e. The minimum Gasteiger partial charge on any atom is -0.333 e. The van der Waals surface area contributed by atoms with Gasteiger partial charge in [0.05, 0.1) is 11.1 Å². The fourth-order valence-electron chi connectivity index (χ4n) is 2.06. The standard InChI is InChI=1S/C15H20N2O2S/c1-8-15(5,6)16-14(19)13(18)12-9(2)10(3)17(20-7)11(12)4/h1H,2-7H3,(H,16,19). The summed E-state index contributed by atoms with van der Waals surface area (Å²) in [5, 5.41) is 2.56. The second-order valence-electron chi connectivity index (χ2n) is 5.20. The third-order valence-electron chi connectivity index (χ3n) is 3.29. The van der Waals surface area contributed by atoms with Crippen molar-refractivity contribution in [3.8, 4) is 12.3 Å². The fraction of sp³-hybridized carbons (Fsp3) is 0.467. The second-order valence-corrected chi connectivity index (χ2v) is 5.93. The molecule has 1 N–H and O–H groups in total. The third kappa shape index (κ3) is 2.91. The SMILES string of the molecule is C#CC(C)(C)NC(=O)C(=O)c1c(C)c(C)n(SC)c1C. The van der Waals surface area contributed by atoms with Crippen molar-refractivity contribution in [3.05, 3.63) is 22.5 Å². The monoisotopic (exact) mass is 292 g/mol. The lowest BCUT2D eigenvalue weighted by Crippen LogP contribution is -2.45. The zero-order valence-corrected chi connectivity index (χ0v) is 13.6. The van der Waals surface area contributed by atoms with Crippen molar-refractivity contribution in [1.29, 1.82) is 0 Å². The van der Waals surface area contributed by atoms with Crippen molar-refractivity contribution in [1.82, 2.24) is 9.29 Å². The van der Waals surface area contributed by atoms with Crippen LogP contribution in [0.5, 0.6) is 0 Å². The van der Waals surface area contributed by atoms with Crippen molar-refractivity contribution in [2.75, 3.05) is 6.26 Å². The molecule has 0 saturated carbocycles. The highest BCUT2D eigenvalue weighted by Crippen LogP contribution is 2.25. The van der Waals surface area contributed by atoms with E-state index in [0.717, 1.165) is 17.0 Å². The number of rotatable bonds is 4. The van der Waals surface area contributed by atoms with Gasteiger partial charge >= 0.3 is 0 Å². The molecule has 0 saturated heterocycles. The summed E-state index contributed by atoms with van der Waals surface area (Å²) in [6.45, 7) is 8.97. The quantitative estimate of drug-likeness (QED) is 0.526. The minimum absolute atomic E-state index is 0.460. The Hall–Kier alpha value is -1.67. The molecule has 1 rings (SSSR count). The Morgan fingerprint density at radius 2 is 1.80 bits per heavy atom. The van der Waals surface area contributed by atoms with E-state index in [9.17, 15) is 9.59 Å². The van der Waals surface area contributed by atoms with Gasteiger partial charge < -0.3 is 5.32 Å². The average Bonchev–Trinajstić information content (AvgIpc) is 2.59. The minimum atomic E-state index is -0.842. The van der Waals surface area contributed by atoms with Crippen LogP contribution in [0, 0.1) is 33.1 Å². The van der Waals surface area contributed by atoms with Crippen LogP contribution in [-0.2, 0) is 4.79 Å². The molecule has 1 amide bonds. The van der Waals surface area contributed by atoms with Gasteiger partial charge in [0.15, 0.2) is 0 Å². The van der Waals surface area contributed by atoms with Gasteiger partial charge in [-0.3, -0.25) is 13.6 Å². The van der Waals surface area contributed by atoms with E-state index in [1.165, 1.54) is 11.9 Å². The fourth-order valence-corrected chi connectivity index (χ4v) is 2.83. The van der Waals surface area contributed by atoms with Crippen LogP contribution in [0.2, 0.25) is 0 Å². The number of amides is 1. The number of nitrogens with zero attached hydrogens (tertiary/aromatic N) is 1. The first-order chi connectivity index (χ1) is 9.16. The number of hydrogen-bond donors (Lipinski definition) is 1. The summed E-state index contributed by atoms with van der Waals surface area (Å²) in [5.41, 5.74) is 2.21. The number of ketones is 1. The van der Waals surface area contributed by atoms with Crippen LogP contribution in [0.1, 0.15) is 41.2 Å². The van der Waals surface area contributed by atoms with Crippen molar-refractivity contribution in [2.45, 2.75) is 40.2 Å². The first-order valence-electron chi connectivity index (χ1n) is 6.23. The first-order valence-corrected chi connectivity index (χ1v) is 7.42. The van der Waals surface area contributed by atoms with Crippen LogP contribution in [0.3, 0.4) is 0 Å². The van der Waals surface area contributed by atoms with Crippen molar-refractivity contribution >= 4 is 23.6 Å². The molecule has 1 aromatic heterocycles. The topological polar surface area (TPSA) is 51.1 Å². The predicted molar refractivity (Wildman–Crippen MR) is 82.9 cm³/mol. The summed E-state index contributed by atoms with van der Waals surface area (Å²) < 4.78 is 1.95. The van der Waals surface area contributed by atoms with Gasteiger partial charge in [0.25, 0.3) is 11.7 Å². The number of hydrogen-bond acceptors (Lipinski definition) is 3. The Morgan fingerprint density at radius 3 is 2.20 bits per heavy atom. The van der Waals surface area contributed by atoms with Crippen molar-refractivity contribution < 1.29 is 9.59 Å². The maximum absolute atomic E-state index is 12.4. The summed E-state index contributed by atoms with van der Waals surface area (Å²) >= 11 is 1.50. The van der Waals surface area contributed by atoms with Gasteiger partial charge in [0.1, 0.15) is 0 Å². The molecule has 4 nitrogen and oxygen atoms in total. The molecule has 0 fully saturated rings. The summed E-state index contributed by atoms with van der Waals surface area (Å²) in [7, 11) is 0. The summed E-state index contributed by atoms with van der Waals surface area (Å²) in [4.78, 5) is 24.4. The molecule has 20 heavy (non-hydrogen) atoms. The van der Waals surface area contributed by atoms with E-state index in [2.05, 4.69) is 11.2 Å². The maximum Gasteiger partial charge on any atom is 0.293 e. The lowest BCUT2D eigenvalue weighted by molar-refractivity contribution is -0.118. The molecule has 0 bridgehead atoms. The van der Waals surface area contributed by atoms with Crippen LogP contribution in [0.15, 0.2) is 0 Å². The van der Waals surface area contributed by atoms with E-state index in [1.807, 2.05) is 31.0 Å². The highest BCUT2D eigenvalue weighted by atomic mass is 32.2.